The zero-order valence-corrected chi connectivity index (χ0v) is 10.3. The molecular weight excluding hydrogens is 256 g/mol. The van der Waals surface area contributed by atoms with Crippen LogP contribution in [0.3, 0.4) is 0 Å². The van der Waals surface area contributed by atoms with Crippen LogP contribution in [0, 0.1) is 17.2 Å². The number of benzene rings is 1. The molecule has 0 heterocycles. The summed E-state index contributed by atoms with van der Waals surface area (Å²) < 4.78 is 6.09. The summed E-state index contributed by atoms with van der Waals surface area (Å²) >= 11 is 3.39. The number of nitriles is 1. The fourth-order valence-electron chi connectivity index (χ4n) is 1.10. The summed E-state index contributed by atoms with van der Waals surface area (Å²) in [6, 6.07) is 7.91. The Kier molecular flexibility index (Phi) is 4.44. The first-order chi connectivity index (χ1) is 7.15. The Morgan fingerprint density at radius 2 is 2.27 bits per heavy atom. The maximum Gasteiger partial charge on any atom is 0.122 e. The number of nitrogens with one attached hydrogen (secondary N) is 1. The Labute approximate surface area is 98.2 Å². The molecule has 0 amide bonds. The van der Waals surface area contributed by atoms with Crippen molar-refractivity contribution >= 4 is 21.6 Å². The summed E-state index contributed by atoms with van der Waals surface area (Å²) in [5, 5.41) is 11.8. The summed E-state index contributed by atoms with van der Waals surface area (Å²) in [4.78, 5) is 0. The van der Waals surface area contributed by atoms with Crippen LogP contribution in [-0.2, 0) is 0 Å². The zero-order chi connectivity index (χ0) is 11.3. The second kappa shape index (κ2) is 5.62. The van der Waals surface area contributed by atoms with Crippen LogP contribution in [0.1, 0.15) is 6.92 Å². The Morgan fingerprint density at radius 1 is 1.53 bits per heavy atom. The molecule has 0 spiro atoms. The molecule has 4 heteroatoms. The van der Waals surface area contributed by atoms with Crippen LogP contribution in [0.4, 0.5) is 5.69 Å². The second-order valence-electron chi connectivity index (χ2n) is 3.29. The molecule has 1 rings (SSSR count). The third kappa shape index (κ3) is 3.80. The van der Waals surface area contributed by atoms with Gasteiger partial charge in [-0.15, -0.1) is 0 Å². The topological polar surface area (TPSA) is 45.0 Å². The van der Waals surface area contributed by atoms with Crippen molar-refractivity contribution < 1.29 is 4.74 Å². The molecule has 0 aromatic heterocycles. The molecule has 1 atom stereocenters. The molecule has 1 N–H and O–H groups in total. The van der Waals surface area contributed by atoms with E-state index in [0.717, 1.165) is 15.9 Å². The van der Waals surface area contributed by atoms with Crippen LogP contribution in [0.25, 0.3) is 0 Å². The minimum atomic E-state index is -0.00465. The van der Waals surface area contributed by atoms with Gasteiger partial charge in [0, 0.05) is 22.8 Å². The third-order valence-electron chi connectivity index (χ3n) is 1.94. The molecule has 0 bridgehead atoms. The van der Waals surface area contributed by atoms with E-state index in [1.807, 2.05) is 25.1 Å². The second-order valence-corrected chi connectivity index (χ2v) is 4.21. The molecule has 1 unspecified atom stereocenters. The molecule has 80 valence electrons. The monoisotopic (exact) mass is 268 g/mol. The van der Waals surface area contributed by atoms with Crippen LogP contribution >= 0.6 is 15.9 Å². The van der Waals surface area contributed by atoms with Crippen LogP contribution in [0.2, 0.25) is 0 Å². The van der Waals surface area contributed by atoms with Gasteiger partial charge in [0.25, 0.3) is 0 Å². The predicted molar refractivity (Wildman–Crippen MR) is 64.0 cm³/mol. The summed E-state index contributed by atoms with van der Waals surface area (Å²) in [6.45, 7) is 2.51. The predicted octanol–water partition coefficient (Wildman–Crippen LogP) is 3.03. The molecule has 0 aliphatic heterocycles. The van der Waals surface area contributed by atoms with E-state index in [4.69, 9.17) is 10.00 Å². The van der Waals surface area contributed by atoms with Crippen molar-refractivity contribution in [2.75, 3.05) is 19.0 Å². The van der Waals surface area contributed by atoms with Crippen LogP contribution in [-0.4, -0.2) is 13.7 Å². The zero-order valence-electron chi connectivity index (χ0n) is 8.75. The molecule has 0 saturated heterocycles. The molecule has 15 heavy (non-hydrogen) atoms. The van der Waals surface area contributed by atoms with Gasteiger partial charge >= 0.3 is 0 Å². The molecule has 0 radical (unpaired) electrons. The van der Waals surface area contributed by atoms with E-state index in [0.29, 0.717) is 6.54 Å². The molecule has 1 aromatic rings. The highest BCUT2D eigenvalue weighted by molar-refractivity contribution is 9.10. The lowest BCUT2D eigenvalue weighted by Gasteiger charge is -2.09. The highest BCUT2D eigenvalue weighted by atomic mass is 79.9. The lowest BCUT2D eigenvalue weighted by molar-refractivity contribution is 0.414. The van der Waals surface area contributed by atoms with Crippen molar-refractivity contribution in [3.05, 3.63) is 22.7 Å². The minimum absolute atomic E-state index is 0.00465. The quantitative estimate of drug-likeness (QED) is 0.913. The van der Waals surface area contributed by atoms with Crippen molar-refractivity contribution in [2.45, 2.75) is 6.92 Å². The normalized spacial score (nSPS) is 11.6. The maximum atomic E-state index is 8.64. The summed E-state index contributed by atoms with van der Waals surface area (Å²) in [5.74, 6) is 0.784. The van der Waals surface area contributed by atoms with Gasteiger partial charge in [-0.2, -0.15) is 5.26 Å². The third-order valence-corrected chi connectivity index (χ3v) is 2.40. The van der Waals surface area contributed by atoms with Gasteiger partial charge in [0.2, 0.25) is 0 Å². The van der Waals surface area contributed by atoms with E-state index in [1.165, 1.54) is 0 Å². The van der Waals surface area contributed by atoms with E-state index in [-0.39, 0.29) is 5.92 Å². The van der Waals surface area contributed by atoms with Gasteiger partial charge in [0.05, 0.1) is 19.1 Å². The molecule has 0 saturated carbocycles. The largest absolute Gasteiger partial charge is 0.497 e. The lowest BCUT2D eigenvalue weighted by atomic mass is 10.2. The first kappa shape index (κ1) is 11.9. The van der Waals surface area contributed by atoms with Gasteiger partial charge in [0.1, 0.15) is 5.75 Å². The Balaban J connectivity index is 2.69. The first-order valence-corrected chi connectivity index (χ1v) is 5.43. The Bertz CT molecular complexity index is 373. The minimum Gasteiger partial charge on any atom is -0.497 e. The van der Waals surface area contributed by atoms with Crippen molar-refractivity contribution in [2.24, 2.45) is 5.92 Å². The first-order valence-electron chi connectivity index (χ1n) is 4.63. The number of hydrogen-bond acceptors (Lipinski definition) is 3. The van der Waals surface area contributed by atoms with E-state index in [9.17, 15) is 0 Å². The number of anilines is 1. The van der Waals surface area contributed by atoms with Crippen LogP contribution in [0.15, 0.2) is 22.7 Å². The van der Waals surface area contributed by atoms with Gasteiger partial charge in [-0.05, 0) is 19.1 Å². The fourth-order valence-corrected chi connectivity index (χ4v) is 1.57. The Morgan fingerprint density at radius 3 is 2.87 bits per heavy atom. The van der Waals surface area contributed by atoms with Crippen molar-refractivity contribution in [1.29, 1.82) is 5.26 Å². The van der Waals surface area contributed by atoms with Gasteiger partial charge < -0.3 is 10.1 Å². The molecule has 0 fully saturated rings. The van der Waals surface area contributed by atoms with E-state index >= 15 is 0 Å². The van der Waals surface area contributed by atoms with Gasteiger partial charge in [-0.25, -0.2) is 0 Å². The van der Waals surface area contributed by atoms with E-state index in [1.54, 1.807) is 7.11 Å². The average molecular weight is 269 g/mol. The fraction of sp³-hybridized carbons (Fsp3) is 0.364. The van der Waals surface area contributed by atoms with Crippen LogP contribution in [0.5, 0.6) is 5.75 Å². The van der Waals surface area contributed by atoms with Gasteiger partial charge in [-0.3, -0.25) is 0 Å². The number of methoxy groups -OCH3 is 1. The molecule has 0 aliphatic rings. The molecule has 0 aliphatic carbocycles. The SMILES string of the molecule is COc1cc(Br)cc(NCC(C)C#N)c1. The summed E-state index contributed by atoms with van der Waals surface area (Å²) in [6.07, 6.45) is 0. The smallest absolute Gasteiger partial charge is 0.122 e. The molecular formula is C11H13BrN2O. The number of rotatable bonds is 4. The van der Waals surface area contributed by atoms with Gasteiger partial charge in [-0.1, -0.05) is 15.9 Å². The maximum absolute atomic E-state index is 8.64. The van der Waals surface area contributed by atoms with Crippen molar-refractivity contribution in [3.8, 4) is 11.8 Å². The summed E-state index contributed by atoms with van der Waals surface area (Å²) in [7, 11) is 1.63. The number of halogens is 1. The highest BCUT2D eigenvalue weighted by Crippen LogP contribution is 2.24. The standard InChI is InChI=1S/C11H13BrN2O/c1-8(6-13)7-14-10-3-9(12)4-11(5-10)15-2/h3-5,8,14H,7H2,1-2H3. The highest BCUT2D eigenvalue weighted by Gasteiger charge is 2.02. The Hall–Kier alpha value is -1.21. The van der Waals surface area contributed by atoms with E-state index < -0.39 is 0 Å². The van der Waals surface area contributed by atoms with Crippen LogP contribution < -0.4 is 10.1 Å². The number of ether oxygens (including phenoxy) is 1. The van der Waals surface area contributed by atoms with Crippen molar-refractivity contribution in [3.63, 3.8) is 0 Å². The average Bonchev–Trinajstić information content (AvgIpc) is 2.25. The molecule has 1 aromatic carbocycles. The number of hydrogen-bond donors (Lipinski definition) is 1. The summed E-state index contributed by atoms with van der Waals surface area (Å²) in [5.41, 5.74) is 0.948. The lowest BCUT2D eigenvalue weighted by Crippen LogP contribution is -2.09. The number of nitrogens with zero attached hydrogens (tertiary/aromatic N) is 1. The molecule has 3 nitrogen and oxygen atoms in total. The van der Waals surface area contributed by atoms with Gasteiger partial charge in [0.15, 0.2) is 0 Å². The van der Waals surface area contributed by atoms with Crippen molar-refractivity contribution in [1.82, 2.24) is 0 Å². The van der Waals surface area contributed by atoms with E-state index in [2.05, 4.69) is 27.3 Å².